The Labute approximate surface area is 113 Å². The number of nitrogens with one attached hydrogen (secondary N) is 2. The van der Waals surface area contributed by atoms with E-state index in [1.165, 1.54) is 11.5 Å². The van der Waals surface area contributed by atoms with Crippen LogP contribution in [0.4, 0.5) is 5.13 Å². The summed E-state index contributed by atoms with van der Waals surface area (Å²) >= 11 is 1.34. The minimum absolute atomic E-state index is 0.0739. The standard InChI is InChI=1S/C12H22N4OS/c1-8(2)7-14-10(17)5-6-13-12-15-11(9(3)4)16-18-12/h8-9H,5-7H2,1-4H3,(H,14,17)(H,13,15,16). The molecule has 6 heteroatoms. The van der Waals surface area contributed by atoms with Crippen LogP contribution in [0.15, 0.2) is 0 Å². The van der Waals surface area contributed by atoms with E-state index in [1.54, 1.807) is 0 Å². The van der Waals surface area contributed by atoms with Crippen molar-refractivity contribution in [3.8, 4) is 0 Å². The Kier molecular flexibility index (Phi) is 6.04. The molecular formula is C12H22N4OS. The normalized spacial score (nSPS) is 11.0. The molecule has 2 N–H and O–H groups in total. The fourth-order valence-corrected chi connectivity index (χ4v) is 1.96. The molecule has 0 bridgehead atoms. The van der Waals surface area contributed by atoms with Crippen molar-refractivity contribution < 1.29 is 4.79 Å². The van der Waals surface area contributed by atoms with Crippen LogP contribution in [0.1, 0.15) is 45.9 Å². The van der Waals surface area contributed by atoms with Gasteiger partial charge in [-0.1, -0.05) is 27.7 Å². The molecule has 0 aliphatic carbocycles. The highest BCUT2D eigenvalue weighted by atomic mass is 32.1. The van der Waals surface area contributed by atoms with Crippen LogP contribution < -0.4 is 10.6 Å². The number of nitrogens with zero attached hydrogens (tertiary/aromatic N) is 2. The lowest BCUT2D eigenvalue weighted by Gasteiger charge is -2.07. The van der Waals surface area contributed by atoms with Gasteiger partial charge in [-0.05, 0) is 5.92 Å². The number of carbonyl (C=O) groups is 1. The second kappa shape index (κ2) is 7.31. The molecular weight excluding hydrogens is 248 g/mol. The Morgan fingerprint density at radius 3 is 2.61 bits per heavy atom. The number of aromatic nitrogens is 2. The molecule has 1 rings (SSSR count). The van der Waals surface area contributed by atoms with Crippen LogP contribution in [0.25, 0.3) is 0 Å². The third-order valence-corrected chi connectivity index (χ3v) is 2.98. The summed E-state index contributed by atoms with van der Waals surface area (Å²) in [5, 5.41) is 6.79. The highest BCUT2D eigenvalue weighted by Crippen LogP contribution is 2.16. The lowest BCUT2D eigenvalue weighted by Crippen LogP contribution is -2.28. The molecule has 1 aromatic rings. The number of anilines is 1. The summed E-state index contributed by atoms with van der Waals surface area (Å²) in [6.07, 6.45) is 0.462. The summed E-state index contributed by atoms with van der Waals surface area (Å²) in [5.74, 6) is 1.75. The maximum Gasteiger partial charge on any atom is 0.221 e. The molecule has 0 aliphatic rings. The second-order valence-corrected chi connectivity index (χ2v) is 5.74. The van der Waals surface area contributed by atoms with Crippen LogP contribution in [0, 0.1) is 5.92 Å². The SMILES string of the molecule is CC(C)CNC(=O)CCNc1nc(C(C)C)ns1. The van der Waals surface area contributed by atoms with Crippen molar-refractivity contribution >= 4 is 22.6 Å². The minimum Gasteiger partial charge on any atom is -0.360 e. The number of hydrogen-bond acceptors (Lipinski definition) is 5. The van der Waals surface area contributed by atoms with Gasteiger partial charge in [-0.25, -0.2) is 4.98 Å². The van der Waals surface area contributed by atoms with Gasteiger partial charge in [0.1, 0.15) is 5.82 Å². The lowest BCUT2D eigenvalue weighted by molar-refractivity contribution is -0.120. The first kappa shape index (κ1) is 14.9. The fraction of sp³-hybridized carbons (Fsp3) is 0.750. The first-order chi connectivity index (χ1) is 8.49. The summed E-state index contributed by atoms with van der Waals surface area (Å²) in [7, 11) is 0. The average molecular weight is 270 g/mol. The molecule has 1 aromatic heterocycles. The third-order valence-electron chi connectivity index (χ3n) is 2.29. The van der Waals surface area contributed by atoms with E-state index in [2.05, 4.69) is 47.7 Å². The van der Waals surface area contributed by atoms with Gasteiger partial charge in [0.15, 0.2) is 0 Å². The Balaban J connectivity index is 2.22. The molecule has 0 radical (unpaired) electrons. The van der Waals surface area contributed by atoms with Gasteiger partial charge in [0.25, 0.3) is 0 Å². The van der Waals surface area contributed by atoms with Crippen LogP contribution in [0.2, 0.25) is 0 Å². The zero-order valence-electron chi connectivity index (χ0n) is 11.5. The highest BCUT2D eigenvalue weighted by molar-refractivity contribution is 7.09. The maximum atomic E-state index is 11.5. The molecule has 0 unspecified atom stereocenters. The number of hydrogen-bond donors (Lipinski definition) is 2. The molecule has 0 fully saturated rings. The molecule has 102 valence electrons. The van der Waals surface area contributed by atoms with Gasteiger partial charge in [-0.3, -0.25) is 4.79 Å². The number of rotatable bonds is 7. The first-order valence-corrected chi connectivity index (χ1v) is 7.10. The molecule has 18 heavy (non-hydrogen) atoms. The van der Waals surface area contributed by atoms with Crippen LogP contribution in [-0.2, 0) is 4.79 Å². The van der Waals surface area contributed by atoms with Gasteiger partial charge < -0.3 is 10.6 Å². The molecule has 0 spiro atoms. The Bertz CT molecular complexity index is 376. The summed E-state index contributed by atoms with van der Waals surface area (Å²) < 4.78 is 4.24. The highest BCUT2D eigenvalue weighted by Gasteiger charge is 2.07. The van der Waals surface area contributed by atoms with Crippen LogP contribution in [0.3, 0.4) is 0 Å². The predicted octanol–water partition coefficient (Wildman–Crippen LogP) is 2.24. The molecule has 0 aromatic carbocycles. The first-order valence-electron chi connectivity index (χ1n) is 6.33. The van der Waals surface area contributed by atoms with Crippen LogP contribution in [0.5, 0.6) is 0 Å². The van der Waals surface area contributed by atoms with Crippen LogP contribution in [-0.4, -0.2) is 28.4 Å². The van der Waals surface area contributed by atoms with Gasteiger partial charge in [0.2, 0.25) is 11.0 Å². The van der Waals surface area contributed by atoms with Gasteiger partial charge in [-0.2, -0.15) is 4.37 Å². The van der Waals surface area contributed by atoms with Crippen molar-refractivity contribution in [3.05, 3.63) is 5.82 Å². The van der Waals surface area contributed by atoms with E-state index in [9.17, 15) is 4.79 Å². The summed E-state index contributed by atoms with van der Waals surface area (Å²) in [6, 6.07) is 0. The molecule has 1 heterocycles. The van der Waals surface area contributed by atoms with Gasteiger partial charge in [-0.15, -0.1) is 0 Å². The Morgan fingerprint density at radius 2 is 2.06 bits per heavy atom. The Hall–Kier alpha value is -1.17. The van der Waals surface area contributed by atoms with Crippen molar-refractivity contribution in [3.63, 3.8) is 0 Å². The van der Waals surface area contributed by atoms with E-state index >= 15 is 0 Å². The average Bonchev–Trinajstić information content (AvgIpc) is 2.75. The number of amides is 1. The topological polar surface area (TPSA) is 66.9 Å². The van der Waals surface area contributed by atoms with E-state index in [0.29, 0.717) is 24.8 Å². The van der Waals surface area contributed by atoms with Gasteiger partial charge in [0, 0.05) is 37.0 Å². The van der Waals surface area contributed by atoms with Crippen molar-refractivity contribution in [2.75, 3.05) is 18.4 Å². The van der Waals surface area contributed by atoms with E-state index < -0.39 is 0 Å². The largest absolute Gasteiger partial charge is 0.360 e. The zero-order chi connectivity index (χ0) is 13.5. The third kappa shape index (κ3) is 5.44. The van der Waals surface area contributed by atoms with E-state index in [0.717, 1.165) is 17.5 Å². The van der Waals surface area contributed by atoms with Crippen molar-refractivity contribution in [2.24, 2.45) is 5.92 Å². The Morgan fingerprint density at radius 1 is 1.33 bits per heavy atom. The van der Waals surface area contributed by atoms with E-state index in [-0.39, 0.29) is 5.91 Å². The molecule has 0 aliphatic heterocycles. The quantitative estimate of drug-likeness (QED) is 0.797. The summed E-state index contributed by atoms with van der Waals surface area (Å²) in [5.41, 5.74) is 0. The van der Waals surface area contributed by atoms with E-state index in [4.69, 9.17) is 0 Å². The van der Waals surface area contributed by atoms with Gasteiger partial charge >= 0.3 is 0 Å². The lowest BCUT2D eigenvalue weighted by atomic mass is 10.2. The van der Waals surface area contributed by atoms with Crippen molar-refractivity contribution in [2.45, 2.75) is 40.0 Å². The summed E-state index contributed by atoms with van der Waals surface area (Å²) in [6.45, 7) is 9.60. The minimum atomic E-state index is 0.0739. The number of carbonyl (C=O) groups excluding carboxylic acids is 1. The zero-order valence-corrected chi connectivity index (χ0v) is 12.3. The maximum absolute atomic E-state index is 11.5. The molecule has 0 saturated carbocycles. The van der Waals surface area contributed by atoms with Crippen molar-refractivity contribution in [1.29, 1.82) is 0 Å². The van der Waals surface area contributed by atoms with Crippen molar-refractivity contribution in [1.82, 2.24) is 14.7 Å². The second-order valence-electron chi connectivity index (χ2n) is 4.99. The van der Waals surface area contributed by atoms with E-state index in [1.807, 2.05) is 0 Å². The fourth-order valence-electron chi connectivity index (χ4n) is 1.23. The molecule has 0 atom stereocenters. The summed E-state index contributed by atoms with van der Waals surface area (Å²) in [4.78, 5) is 15.8. The molecule has 0 saturated heterocycles. The predicted molar refractivity (Wildman–Crippen MR) is 75.0 cm³/mol. The molecule has 5 nitrogen and oxygen atoms in total. The van der Waals surface area contributed by atoms with Crippen LogP contribution >= 0.6 is 11.5 Å². The van der Waals surface area contributed by atoms with Gasteiger partial charge in [0.05, 0.1) is 0 Å². The smallest absolute Gasteiger partial charge is 0.221 e. The molecule has 1 amide bonds. The monoisotopic (exact) mass is 270 g/mol.